The maximum Gasteiger partial charge on any atom is 0.329 e. The maximum atomic E-state index is 11.8. The maximum absolute atomic E-state index is 11.8. The van der Waals surface area contributed by atoms with Gasteiger partial charge in [0.25, 0.3) is 0 Å². The first kappa shape index (κ1) is 19.1. The molecule has 2 aromatic carbocycles. The van der Waals surface area contributed by atoms with Gasteiger partial charge in [0.15, 0.2) is 5.75 Å². The molecule has 0 fully saturated rings. The molecule has 0 aliphatic rings. The lowest BCUT2D eigenvalue weighted by Crippen LogP contribution is -2.32. The number of carbonyl (C=O) groups is 2. The van der Waals surface area contributed by atoms with E-state index < -0.39 is 16.7 Å². The van der Waals surface area contributed by atoms with Crippen LogP contribution in [0.15, 0.2) is 52.0 Å². The highest BCUT2D eigenvalue weighted by atomic mass is 79.9. The smallest absolute Gasteiger partial charge is 0.329 e. The van der Waals surface area contributed by atoms with Crippen LogP contribution in [-0.2, 0) is 9.59 Å². The van der Waals surface area contributed by atoms with Crippen molar-refractivity contribution in [3.05, 3.63) is 62.6 Å². The number of nitrogens with one attached hydrogen (secondary N) is 2. The lowest BCUT2D eigenvalue weighted by molar-refractivity contribution is -0.385. The third kappa shape index (κ3) is 5.11. The topological polar surface area (TPSA) is 123 Å². The van der Waals surface area contributed by atoms with E-state index in [1.54, 1.807) is 24.3 Å². The van der Waals surface area contributed by atoms with Gasteiger partial charge in [-0.05, 0) is 36.4 Å². The van der Waals surface area contributed by atoms with Crippen LogP contribution in [0.2, 0.25) is 0 Å². The van der Waals surface area contributed by atoms with Crippen molar-refractivity contribution in [1.29, 1.82) is 0 Å². The number of halogens is 1. The predicted molar refractivity (Wildman–Crippen MR) is 98.2 cm³/mol. The Balaban J connectivity index is 1.97. The Hall–Kier alpha value is -3.27. The molecule has 0 heterocycles. The summed E-state index contributed by atoms with van der Waals surface area (Å²) in [5, 5.41) is 17.0. The summed E-state index contributed by atoms with van der Waals surface area (Å²) < 4.78 is 5.72. The van der Waals surface area contributed by atoms with E-state index in [0.717, 1.165) is 4.47 Å². The predicted octanol–water partition coefficient (Wildman–Crippen LogP) is 2.45. The molecule has 134 valence electrons. The molecule has 26 heavy (non-hydrogen) atoms. The van der Waals surface area contributed by atoms with Crippen molar-refractivity contribution in [2.45, 2.75) is 0 Å². The molecule has 2 N–H and O–H groups in total. The van der Waals surface area contributed by atoms with Crippen LogP contribution in [0, 0.1) is 10.1 Å². The summed E-state index contributed by atoms with van der Waals surface area (Å²) in [5.41, 5.74) is 2.61. The highest BCUT2D eigenvalue weighted by molar-refractivity contribution is 9.10. The van der Waals surface area contributed by atoms with E-state index in [1.807, 2.05) is 5.43 Å². The minimum Gasteiger partial charge on any atom is -0.490 e. The number of amides is 2. The molecule has 0 aliphatic carbocycles. The van der Waals surface area contributed by atoms with Crippen molar-refractivity contribution >= 4 is 45.3 Å². The molecule has 0 saturated carbocycles. The van der Waals surface area contributed by atoms with Crippen molar-refractivity contribution in [3.63, 3.8) is 0 Å². The summed E-state index contributed by atoms with van der Waals surface area (Å²) in [4.78, 5) is 33.8. The van der Waals surface area contributed by atoms with Crippen LogP contribution in [0.4, 0.5) is 11.4 Å². The average Bonchev–Trinajstić information content (AvgIpc) is 2.63. The lowest BCUT2D eigenvalue weighted by atomic mass is 10.2. The van der Waals surface area contributed by atoms with Gasteiger partial charge >= 0.3 is 17.5 Å². The molecular weight excluding hydrogens is 408 g/mol. The molecule has 0 bridgehead atoms. The van der Waals surface area contributed by atoms with Gasteiger partial charge < -0.3 is 10.1 Å². The summed E-state index contributed by atoms with van der Waals surface area (Å²) in [6, 6.07) is 10.8. The molecule has 0 radical (unpaired) electrons. The van der Waals surface area contributed by atoms with Crippen LogP contribution in [-0.4, -0.2) is 30.1 Å². The SMILES string of the molecule is COc1ccc(/C=N\NC(=O)C(=O)Nc2ccc(Br)cc2)cc1[N+](=O)[O-]. The van der Waals surface area contributed by atoms with Crippen LogP contribution in [0.25, 0.3) is 0 Å². The summed E-state index contributed by atoms with van der Waals surface area (Å²) in [6.07, 6.45) is 1.18. The summed E-state index contributed by atoms with van der Waals surface area (Å²) in [6.45, 7) is 0. The lowest BCUT2D eigenvalue weighted by Gasteiger charge is -2.04. The number of hydrogen-bond donors (Lipinski definition) is 2. The largest absolute Gasteiger partial charge is 0.490 e. The number of ether oxygens (including phenoxy) is 1. The van der Waals surface area contributed by atoms with E-state index in [1.165, 1.54) is 31.5 Å². The van der Waals surface area contributed by atoms with Gasteiger partial charge in [0, 0.05) is 21.8 Å². The number of anilines is 1. The third-order valence-corrected chi connectivity index (χ3v) is 3.62. The first-order chi connectivity index (χ1) is 12.4. The number of carbonyl (C=O) groups excluding carboxylic acids is 2. The highest BCUT2D eigenvalue weighted by Gasteiger charge is 2.15. The Morgan fingerprint density at radius 2 is 1.88 bits per heavy atom. The van der Waals surface area contributed by atoms with Crippen LogP contribution >= 0.6 is 15.9 Å². The monoisotopic (exact) mass is 420 g/mol. The van der Waals surface area contributed by atoms with Gasteiger partial charge in [-0.3, -0.25) is 19.7 Å². The second kappa shape index (κ2) is 8.72. The average molecular weight is 421 g/mol. The fraction of sp³-hybridized carbons (Fsp3) is 0.0625. The number of hydrazone groups is 1. The molecule has 2 rings (SSSR count). The molecule has 0 atom stereocenters. The Bertz CT molecular complexity index is 867. The van der Waals surface area contributed by atoms with E-state index >= 15 is 0 Å². The molecule has 0 aliphatic heterocycles. The van der Waals surface area contributed by atoms with Crippen molar-refractivity contribution in [2.75, 3.05) is 12.4 Å². The van der Waals surface area contributed by atoms with E-state index in [-0.39, 0.29) is 11.4 Å². The molecule has 9 nitrogen and oxygen atoms in total. The fourth-order valence-corrected chi connectivity index (χ4v) is 2.13. The van der Waals surface area contributed by atoms with Crippen molar-refractivity contribution in [3.8, 4) is 5.75 Å². The summed E-state index contributed by atoms with van der Waals surface area (Å²) >= 11 is 3.26. The summed E-state index contributed by atoms with van der Waals surface area (Å²) in [7, 11) is 1.32. The molecule has 2 aromatic rings. The van der Waals surface area contributed by atoms with E-state index in [0.29, 0.717) is 11.3 Å². The number of nitrogens with zero attached hydrogens (tertiary/aromatic N) is 2. The van der Waals surface area contributed by atoms with Crippen LogP contribution in [0.1, 0.15) is 5.56 Å². The van der Waals surface area contributed by atoms with Gasteiger partial charge in [-0.2, -0.15) is 5.10 Å². The van der Waals surface area contributed by atoms with Crippen molar-refractivity contribution in [2.24, 2.45) is 5.10 Å². The minimum absolute atomic E-state index is 0.102. The van der Waals surface area contributed by atoms with E-state index in [9.17, 15) is 19.7 Å². The normalized spacial score (nSPS) is 10.4. The number of methoxy groups -OCH3 is 1. The number of nitro groups is 1. The van der Waals surface area contributed by atoms with Gasteiger partial charge in [-0.1, -0.05) is 15.9 Å². The number of rotatable bonds is 5. The summed E-state index contributed by atoms with van der Waals surface area (Å²) in [5.74, 6) is -1.78. The van der Waals surface area contributed by atoms with Gasteiger partial charge in [0.05, 0.1) is 18.2 Å². The Morgan fingerprint density at radius 1 is 1.19 bits per heavy atom. The van der Waals surface area contributed by atoms with Crippen LogP contribution in [0.3, 0.4) is 0 Å². The standard InChI is InChI=1S/C16H13BrN4O5/c1-26-14-7-2-10(8-13(14)21(24)25)9-18-20-16(23)15(22)19-12-5-3-11(17)4-6-12/h2-9H,1H3,(H,19,22)(H,20,23)/b18-9-. The first-order valence-corrected chi connectivity index (χ1v) is 7.92. The Morgan fingerprint density at radius 3 is 2.50 bits per heavy atom. The van der Waals surface area contributed by atoms with Crippen LogP contribution < -0.4 is 15.5 Å². The second-order valence-corrected chi connectivity index (χ2v) is 5.76. The quantitative estimate of drug-likeness (QED) is 0.332. The molecule has 0 aromatic heterocycles. The molecule has 10 heteroatoms. The molecular formula is C16H13BrN4O5. The van der Waals surface area contributed by atoms with Gasteiger partial charge in [0.2, 0.25) is 0 Å². The first-order valence-electron chi connectivity index (χ1n) is 7.13. The van der Waals surface area contributed by atoms with E-state index in [2.05, 4.69) is 26.3 Å². The molecule has 2 amide bonds. The number of nitro benzene ring substituents is 1. The zero-order chi connectivity index (χ0) is 19.1. The van der Waals surface area contributed by atoms with Crippen LogP contribution in [0.5, 0.6) is 5.75 Å². The number of hydrogen-bond acceptors (Lipinski definition) is 6. The Labute approximate surface area is 156 Å². The molecule has 0 saturated heterocycles. The molecule has 0 spiro atoms. The third-order valence-electron chi connectivity index (χ3n) is 3.09. The number of benzene rings is 2. The van der Waals surface area contributed by atoms with Gasteiger partial charge in [-0.25, -0.2) is 5.43 Å². The van der Waals surface area contributed by atoms with Crippen molar-refractivity contribution < 1.29 is 19.2 Å². The van der Waals surface area contributed by atoms with Crippen molar-refractivity contribution in [1.82, 2.24) is 5.43 Å². The zero-order valence-corrected chi connectivity index (χ0v) is 15.0. The minimum atomic E-state index is -0.979. The molecule has 0 unspecified atom stereocenters. The Kier molecular flexibility index (Phi) is 6.39. The fourth-order valence-electron chi connectivity index (χ4n) is 1.87. The van der Waals surface area contributed by atoms with Gasteiger partial charge in [-0.15, -0.1) is 0 Å². The second-order valence-electron chi connectivity index (χ2n) is 4.85. The van der Waals surface area contributed by atoms with E-state index in [4.69, 9.17) is 4.74 Å². The highest BCUT2D eigenvalue weighted by Crippen LogP contribution is 2.26. The zero-order valence-electron chi connectivity index (χ0n) is 13.4. The van der Waals surface area contributed by atoms with Gasteiger partial charge in [0.1, 0.15) is 0 Å².